The van der Waals surface area contributed by atoms with Crippen molar-refractivity contribution >= 4 is 5.91 Å². The number of benzene rings is 1. The fourth-order valence-electron chi connectivity index (χ4n) is 6.17. The van der Waals surface area contributed by atoms with E-state index in [1.54, 1.807) is 7.11 Å². The highest BCUT2D eigenvalue weighted by molar-refractivity contribution is 5.80. The molecule has 4 aliphatic rings. The predicted molar refractivity (Wildman–Crippen MR) is 128 cm³/mol. The Morgan fingerprint density at radius 3 is 2.55 bits per heavy atom. The van der Waals surface area contributed by atoms with Crippen LogP contribution in [0.5, 0.6) is 5.75 Å². The fraction of sp³-hybridized carbons (Fsp3) is 0.741. The van der Waals surface area contributed by atoms with E-state index in [9.17, 15) is 4.79 Å². The zero-order chi connectivity index (χ0) is 23.1. The van der Waals surface area contributed by atoms with Gasteiger partial charge in [-0.2, -0.15) is 0 Å². The van der Waals surface area contributed by atoms with Crippen LogP contribution in [0.4, 0.5) is 0 Å². The van der Waals surface area contributed by atoms with Crippen LogP contribution in [-0.4, -0.2) is 80.5 Å². The quantitative estimate of drug-likeness (QED) is 0.626. The summed E-state index contributed by atoms with van der Waals surface area (Å²) in [6.45, 7) is 10.2. The van der Waals surface area contributed by atoms with E-state index >= 15 is 0 Å². The number of hydrogen-bond acceptors (Lipinski definition) is 5. The maximum absolute atomic E-state index is 12.5. The number of likely N-dealkylation sites (tertiary alicyclic amines) is 2. The Morgan fingerprint density at radius 2 is 1.88 bits per heavy atom. The van der Waals surface area contributed by atoms with Crippen molar-refractivity contribution in [2.24, 2.45) is 11.3 Å². The van der Waals surface area contributed by atoms with Gasteiger partial charge in [0, 0.05) is 31.7 Å². The Hall–Kier alpha value is -1.63. The maximum atomic E-state index is 12.5. The Morgan fingerprint density at radius 1 is 1.15 bits per heavy atom. The molecular weight excluding hydrogens is 416 g/mol. The molecule has 1 unspecified atom stereocenters. The first-order valence-electron chi connectivity index (χ1n) is 12.8. The molecule has 5 rings (SSSR count). The van der Waals surface area contributed by atoms with Gasteiger partial charge in [0.2, 0.25) is 5.91 Å². The van der Waals surface area contributed by atoms with Gasteiger partial charge in [-0.05, 0) is 76.6 Å². The van der Waals surface area contributed by atoms with Crippen molar-refractivity contribution in [2.75, 3.05) is 53.1 Å². The summed E-state index contributed by atoms with van der Waals surface area (Å²) in [4.78, 5) is 17.3. The average molecular weight is 457 g/mol. The lowest BCUT2D eigenvalue weighted by Gasteiger charge is -2.50. The number of amides is 1. The minimum atomic E-state index is -0.289. The number of carbonyl (C=O) groups excluding carboxylic acids is 1. The number of piperidine rings is 1. The molecule has 1 amide bonds. The van der Waals surface area contributed by atoms with Crippen LogP contribution in [0.2, 0.25) is 0 Å². The highest BCUT2D eigenvalue weighted by atomic mass is 16.5. The van der Waals surface area contributed by atoms with E-state index in [0.29, 0.717) is 43.1 Å². The zero-order valence-electron chi connectivity index (χ0n) is 20.6. The van der Waals surface area contributed by atoms with Gasteiger partial charge in [-0.1, -0.05) is 18.2 Å². The number of para-hydroxylation sites is 1. The van der Waals surface area contributed by atoms with Gasteiger partial charge in [-0.15, -0.1) is 0 Å². The van der Waals surface area contributed by atoms with Crippen LogP contribution < -0.4 is 4.74 Å². The topological polar surface area (TPSA) is 51.2 Å². The number of hydrogen-bond donors (Lipinski definition) is 0. The van der Waals surface area contributed by atoms with Gasteiger partial charge in [0.05, 0.1) is 24.7 Å². The van der Waals surface area contributed by atoms with E-state index in [2.05, 4.69) is 47.9 Å². The predicted octanol–water partition coefficient (Wildman–Crippen LogP) is 3.70. The third kappa shape index (κ3) is 4.80. The smallest absolute Gasteiger partial charge is 0.230 e. The van der Waals surface area contributed by atoms with E-state index in [0.717, 1.165) is 31.9 Å². The molecule has 1 aromatic carbocycles. The molecule has 6 nitrogen and oxygen atoms in total. The number of methoxy groups -OCH3 is 1. The molecule has 4 fully saturated rings. The summed E-state index contributed by atoms with van der Waals surface area (Å²) >= 11 is 0. The van der Waals surface area contributed by atoms with Crippen LogP contribution >= 0.6 is 0 Å². The Labute approximate surface area is 198 Å². The minimum absolute atomic E-state index is 0.131. The van der Waals surface area contributed by atoms with E-state index in [1.807, 2.05) is 0 Å². The lowest BCUT2D eigenvalue weighted by Crippen LogP contribution is -2.61. The lowest BCUT2D eigenvalue weighted by molar-refractivity contribution is -0.161. The molecule has 0 radical (unpaired) electrons. The molecular formula is C27H40N2O4. The van der Waals surface area contributed by atoms with Gasteiger partial charge in [-0.3, -0.25) is 4.79 Å². The first-order chi connectivity index (χ1) is 15.9. The summed E-state index contributed by atoms with van der Waals surface area (Å²) in [6, 6.07) is 9.23. The van der Waals surface area contributed by atoms with Crippen molar-refractivity contribution in [3.63, 3.8) is 0 Å². The molecule has 1 atom stereocenters. The lowest BCUT2D eigenvalue weighted by atomic mass is 9.77. The highest BCUT2D eigenvalue weighted by Gasteiger charge is 2.52. The molecule has 6 heteroatoms. The number of rotatable bonds is 7. The second-order valence-electron chi connectivity index (χ2n) is 11.4. The van der Waals surface area contributed by atoms with E-state index in [4.69, 9.17) is 14.2 Å². The average Bonchev–Trinajstić information content (AvgIpc) is 3.22. The maximum Gasteiger partial charge on any atom is 0.230 e. The standard InChI is InChI=1S/C27H40N2O4/c1-26(2,31-3)19-33-24-7-5-4-6-23(24)20-9-12-28(13-10-20)22-8-11-27(14-22)17-29(18-27)25(30)21-15-32-16-21/h4-7,20-22H,8-19H2,1-3H3. The molecule has 0 bridgehead atoms. The highest BCUT2D eigenvalue weighted by Crippen LogP contribution is 2.48. The Balaban J connectivity index is 1.12. The molecule has 0 N–H and O–H groups in total. The van der Waals surface area contributed by atoms with Gasteiger partial charge in [0.1, 0.15) is 12.4 Å². The van der Waals surface area contributed by atoms with E-state index in [1.165, 1.54) is 37.7 Å². The largest absolute Gasteiger partial charge is 0.490 e. The van der Waals surface area contributed by atoms with Gasteiger partial charge >= 0.3 is 0 Å². The third-order valence-corrected chi connectivity index (χ3v) is 8.56. The van der Waals surface area contributed by atoms with Crippen molar-refractivity contribution in [1.82, 2.24) is 9.80 Å². The summed E-state index contributed by atoms with van der Waals surface area (Å²) in [5.41, 5.74) is 1.44. The van der Waals surface area contributed by atoms with Crippen molar-refractivity contribution in [3.8, 4) is 5.75 Å². The first kappa shape index (κ1) is 23.1. The zero-order valence-corrected chi connectivity index (χ0v) is 20.6. The van der Waals surface area contributed by atoms with E-state index in [-0.39, 0.29) is 11.5 Å². The summed E-state index contributed by atoms with van der Waals surface area (Å²) < 4.78 is 16.9. The number of carbonyl (C=O) groups is 1. The minimum Gasteiger partial charge on any atom is -0.490 e. The molecule has 0 aromatic heterocycles. The van der Waals surface area contributed by atoms with Crippen LogP contribution in [0.25, 0.3) is 0 Å². The summed E-state index contributed by atoms with van der Waals surface area (Å²) in [6.07, 6.45) is 6.18. The van der Waals surface area contributed by atoms with E-state index < -0.39 is 0 Å². The molecule has 3 heterocycles. The molecule has 1 aliphatic carbocycles. The molecule has 3 aliphatic heterocycles. The van der Waals surface area contributed by atoms with Crippen LogP contribution in [0.3, 0.4) is 0 Å². The van der Waals surface area contributed by atoms with Crippen molar-refractivity contribution in [3.05, 3.63) is 29.8 Å². The molecule has 33 heavy (non-hydrogen) atoms. The molecule has 1 spiro atoms. The fourth-order valence-corrected chi connectivity index (χ4v) is 6.17. The van der Waals surface area contributed by atoms with Crippen LogP contribution in [0.1, 0.15) is 57.4 Å². The molecule has 1 aromatic rings. The second-order valence-corrected chi connectivity index (χ2v) is 11.4. The molecule has 182 valence electrons. The SMILES string of the molecule is COC(C)(C)COc1ccccc1C1CCN(C2CCC3(C2)CN(C(=O)C2COC2)C3)CC1. The normalized spacial score (nSPS) is 26.3. The van der Waals surface area contributed by atoms with Gasteiger partial charge in [-0.25, -0.2) is 0 Å². The van der Waals surface area contributed by atoms with Crippen LogP contribution in [0, 0.1) is 11.3 Å². The summed E-state index contributed by atoms with van der Waals surface area (Å²) in [7, 11) is 1.74. The second kappa shape index (κ2) is 9.20. The summed E-state index contributed by atoms with van der Waals surface area (Å²) in [5.74, 6) is 2.02. The summed E-state index contributed by atoms with van der Waals surface area (Å²) in [5, 5.41) is 0. The Kier molecular flexibility index (Phi) is 6.45. The van der Waals surface area contributed by atoms with Gasteiger partial charge in [0.25, 0.3) is 0 Å². The number of ether oxygens (including phenoxy) is 3. The third-order valence-electron chi connectivity index (χ3n) is 8.56. The Bertz CT molecular complexity index is 838. The van der Waals surface area contributed by atoms with Crippen LogP contribution in [-0.2, 0) is 14.3 Å². The molecule has 1 saturated carbocycles. The van der Waals surface area contributed by atoms with Crippen molar-refractivity contribution < 1.29 is 19.0 Å². The van der Waals surface area contributed by atoms with Gasteiger partial charge < -0.3 is 24.0 Å². The number of nitrogens with zero attached hydrogens (tertiary/aromatic N) is 2. The monoisotopic (exact) mass is 456 g/mol. The van der Waals surface area contributed by atoms with Crippen LogP contribution in [0.15, 0.2) is 24.3 Å². The van der Waals surface area contributed by atoms with Gasteiger partial charge in [0.15, 0.2) is 0 Å². The van der Waals surface area contributed by atoms with Crippen molar-refractivity contribution in [1.29, 1.82) is 0 Å². The molecule has 3 saturated heterocycles. The first-order valence-corrected chi connectivity index (χ1v) is 12.8. The van der Waals surface area contributed by atoms with Crippen molar-refractivity contribution in [2.45, 2.75) is 63.5 Å².